The van der Waals surface area contributed by atoms with Crippen LogP contribution in [0.2, 0.25) is 0 Å². The lowest BCUT2D eigenvalue weighted by atomic mass is 10.0. The highest BCUT2D eigenvalue weighted by Gasteiger charge is 2.28. The van der Waals surface area contributed by atoms with Crippen molar-refractivity contribution in [2.45, 2.75) is 30.8 Å². The van der Waals surface area contributed by atoms with Crippen molar-refractivity contribution < 1.29 is 17.9 Å². The average molecular weight is 375 g/mol. The summed E-state index contributed by atoms with van der Waals surface area (Å²) in [6.45, 7) is 3.81. The van der Waals surface area contributed by atoms with Gasteiger partial charge < -0.3 is 10.1 Å². The summed E-state index contributed by atoms with van der Waals surface area (Å²) < 4.78 is 30.2. The molecule has 2 unspecified atom stereocenters. The summed E-state index contributed by atoms with van der Waals surface area (Å²) in [7, 11) is -2.09. The minimum Gasteiger partial charge on any atom is -0.497 e. The normalized spacial score (nSPS) is 13.7. The summed E-state index contributed by atoms with van der Waals surface area (Å²) in [4.78, 5) is 12.3. The zero-order valence-corrected chi connectivity index (χ0v) is 16.1. The van der Waals surface area contributed by atoms with E-state index in [9.17, 15) is 13.2 Å². The molecule has 2 aromatic rings. The average Bonchev–Trinajstić information content (AvgIpc) is 2.65. The number of rotatable bonds is 8. The van der Waals surface area contributed by atoms with Gasteiger partial charge in [0.2, 0.25) is 5.91 Å². The molecule has 0 fully saturated rings. The Morgan fingerprint density at radius 2 is 1.77 bits per heavy atom. The minimum atomic E-state index is -3.62. The third-order valence-corrected chi connectivity index (χ3v) is 6.39. The number of nitrogens with one attached hydrogen (secondary N) is 1. The number of benzene rings is 2. The standard InChI is InChI=1S/C20H25NO4S/c1-15(18-9-5-4-6-10-18)13-21-20(22)16(2)26(23,24)14-17-8-7-11-19(12-17)25-3/h4-12,15-16H,13-14H2,1-3H3,(H,21,22). The SMILES string of the molecule is COc1cccc(CS(=O)(=O)C(C)C(=O)NCC(C)c2ccccc2)c1. The van der Waals surface area contributed by atoms with Crippen LogP contribution in [0, 0.1) is 0 Å². The first-order chi connectivity index (χ1) is 12.3. The van der Waals surface area contributed by atoms with E-state index in [4.69, 9.17) is 4.74 Å². The highest BCUT2D eigenvalue weighted by molar-refractivity contribution is 7.92. The van der Waals surface area contributed by atoms with E-state index < -0.39 is 21.0 Å². The molecule has 1 N–H and O–H groups in total. The predicted molar refractivity (Wildman–Crippen MR) is 103 cm³/mol. The van der Waals surface area contributed by atoms with E-state index >= 15 is 0 Å². The number of ether oxygens (including phenoxy) is 1. The van der Waals surface area contributed by atoms with Crippen molar-refractivity contribution in [2.24, 2.45) is 0 Å². The van der Waals surface area contributed by atoms with Crippen LogP contribution in [0.1, 0.15) is 30.9 Å². The van der Waals surface area contributed by atoms with Crippen LogP contribution in [0.25, 0.3) is 0 Å². The second-order valence-corrected chi connectivity index (χ2v) is 8.68. The fraction of sp³-hybridized carbons (Fsp3) is 0.350. The number of carbonyl (C=O) groups is 1. The molecular weight excluding hydrogens is 350 g/mol. The molecule has 6 heteroatoms. The van der Waals surface area contributed by atoms with Crippen molar-refractivity contribution >= 4 is 15.7 Å². The van der Waals surface area contributed by atoms with Gasteiger partial charge in [-0.15, -0.1) is 0 Å². The predicted octanol–water partition coefficient (Wildman–Crippen LogP) is 2.92. The van der Waals surface area contributed by atoms with Crippen molar-refractivity contribution in [2.75, 3.05) is 13.7 Å². The molecule has 0 heterocycles. The summed E-state index contributed by atoms with van der Waals surface area (Å²) in [6.07, 6.45) is 0. The Labute approximate surface area is 155 Å². The molecule has 0 saturated carbocycles. The largest absolute Gasteiger partial charge is 0.497 e. The quantitative estimate of drug-likeness (QED) is 0.770. The monoisotopic (exact) mass is 375 g/mol. The Balaban J connectivity index is 1.97. The summed E-state index contributed by atoms with van der Waals surface area (Å²) in [5.74, 6) is 0.0168. The van der Waals surface area contributed by atoms with Gasteiger partial charge in [0.05, 0.1) is 12.9 Å². The Kier molecular flexibility index (Phi) is 6.80. The Morgan fingerprint density at radius 3 is 2.42 bits per heavy atom. The lowest BCUT2D eigenvalue weighted by Gasteiger charge is -2.17. The third-order valence-electron chi connectivity index (χ3n) is 4.36. The molecule has 1 amide bonds. The van der Waals surface area contributed by atoms with E-state index in [1.165, 1.54) is 14.0 Å². The van der Waals surface area contributed by atoms with Gasteiger partial charge in [-0.3, -0.25) is 4.79 Å². The molecule has 0 saturated heterocycles. The van der Waals surface area contributed by atoms with Crippen molar-refractivity contribution in [3.8, 4) is 5.75 Å². The van der Waals surface area contributed by atoms with Gasteiger partial charge in [-0.25, -0.2) is 8.42 Å². The number of amides is 1. The number of carbonyl (C=O) groups excluding carboxylic acids is 1. The summed E-state index contributed by atoms with van der Waals surface area (Å²) >= 11 is 0. The van der Waals surface area contributed by atoms with E-state index in [2.05, 4.69) is 5.32 Å². The number of hydrogen-bond acceptors (Lipinski definition) is 4. The summed E-state index contributed by atoms with van der Waals surface area (Å²) in [5.41, 5.74) is 1.70. The topological polar surface area (TPSA) is 72.5 Å². The van der Waals surface area contributed by atoms with Crippen molar-refractivity contribution in [3.63, 3.8) is 0 Å². The van der Waals surface area contributed by atoms with Gasteiger partial charge in [0.1, 0.15) is 11.0 Å². The van der Waals surface area contributed by atoms with E-state index in [1.54, 1.807) is 24.3 Å². The zero-order valence-electron chi connectivity index (χ0n) is 15.3. The number of hydrogen-bond donors (Lipinski definition) is 1. The number of sulfone groups is 1. The molecule has 0 aliphatic carbocycles. The molecule has 0 aliphatic rings. The van der Waals surface area contributed by atoms with Crippen LogP contribution in [0.4, 0.5) is 0 Å². The van der Waals surface area contributed by atoms with Crippen molar-refractivity contribution in [1.82, 2.24) is 5.32 Å². The zero-order chi connectivity index (χ0) is 19.2. The van der Waals surface area contributed by atoms with Crippen LogP contribution in [0.5, 0.6) is 5.75 Å². The van der Waals surface area contributed by atoms with Gasteiger partial charge in [-0.05, 0) is 36.1 Å². The van der Waals surface area contributed by atoms with Gasteiger partial charge in [0.15, 0.2) is 9.84 Å². The van der Waals surface area contributed by atoms with Gasteiger partial charge in [-0.1, -0.05) is 49.4 Å². The smallest absolute Gasteiger partial charge is 0.238 e. The molecule has 2 atom stereocenters. The first-order valence-corrected chi connectivity index (χ1v) is 10.2. The Hall–Kier alpha value is -2.34. The molecule has 0 aromatic heterocycles. The highest BCUT2D eigenvalue weighted by atomic mass is 32.2. The first-order valence-electron chi connectivity index (χ1n) is 8.50. The van der Waals surface area contributed by atoms with E-state index in [1.807, 2.05) is 37.3 Å². The van der Waals surface area contributed by atoms with Crippen molar-refractivity contribution in [1.29, 1.82) is 0 Å². The maximum absolute atomic E-state index is 12.6. The molecule has 0 bridgehead atoms. The highest BCUT2D eigenvalue weighted by Crippen LogP contribution is 2.18. The van der Waals surface area contributed by atoms with Gasteiger partial charge >= 0.3 is 0 Å². The summed E-state index contributed by atoms with van der Waals surface area (Å²) in [5, 5.41) is 1.64. The number of methoxy groups -OCH3 is 1. The minimum absolute atomic E-state index is 0.105. The third kappa shape index (κ3) is 5.33. The van der Waals surface area contributed by atoms with E-state index in [-0.39, 0.29) is 11.7 Å². The fourth-order valence-corrected chi connectivity index (χ4v) is 3.88. The van der Waals surface area contributed by atoms with Crippen molar-refractivity contribution in [3.05, 3.63) is 65.7 Å². The Morgan fingerprint density at radius 1 is 1.08 bits per heavy atom. The van der Waals surface area contributed by atoms with Crippen LogP contribution in [-0.2, 0) is 20.4 Å². The van der Waals surface area contributed by atoms with Crippen LogP contribution >= 0.6 is 0 Å². The lowest BCUT2D eigenvalue weighted by molar-refractivity contribution is -0.120. The maximum Gasteiger partial charge on any atom is 0.238 e. The van der Waals surface area contributed by atoms with E-state index in [0.717, 1.165) is 5.56 Å². The fourth-order valence-electron chi connectivity index (χ4n) is 2.58. The molecule has 0 spiro atoms. The van der Waals surface area contributed by atoms with Crippen LogP contribution in [0.15, 0.2) is 54.6 Å². The van der Waals surface area contributed by atoms with Crippen LogP contribution in [0.3, 0.4) is 0 Å². The molecule has 0 aliphatic heterocycles. The summed E-state index contributed by atoms with van der Waals surface area (Å²) in [6, 6.07) is 16.6. The molecule has 140 valence electrons. The lowest BCUT2D eigenvalue weighted by Crippen LogP contribution is -2.39. The van der Waals surface area contributed by atoms with Crippen LogP contribution < -0.4 is 10.1 Å². The van der Waals surface area contributed by atoms with Gasteiger partial charge in [0.25, 0.3) is 0 Å². The molecule has 2 aromatic carbocycles. The first kappa shape index (κ1) is 20.0. The van der Waals surface area contributed by atoms with Crippen LogP contribution in [-0.4, -0.2) is 33.2 Å². The Bertz CT molecular complexity index is 834. The van der Waals surface area contributed by atoms with Gasteiger partial charge in [0, 0.05) is 6.54 Å². The van der Waals surface area contributed by atoms with E-state index in [0.29, 0.717) is 17.9 Å². The second kappa shape index (κ2) is 8.85. The molecule has 2 rings (SSSR count). The maximum atomic E-state index is 12.6. The van der Waals surface area contributed by atoms with Gasteiger partial charge in [-0.2, -0.15) is 0 Å². The molecular formula is C20H25NO4S. The molecule has 5 nitrogen and oxygen atoms in total. The molecule has 26 heavy (non-hydrogen) atoms. The molecule has 0 radical (unpaired) electrons. The second-order valence-electron chi connectivity index (χ2n) is 6.36.